The van der Waals surface area contributed by atoms with Gasteiger partial charge in [-0.25, -0.2) is 4.79 Å². The molecule has 3 amide bonds. The molecule has 4 unspecified atom stereocenters. The lowest BCUT2D eigenvalue weighted by atomic mass is 10.1. The number of carboxylic acid groups (broad SMARTS) is 2. The number of carbonyl (C=O) groups excluding carboxylic acids is 3. The number of unbranched alkanes of at least 4 members (excludes halogenated alkanes) is 1. The number of nitrogens with two attached hydrogens (primary N) is 4. The minimum atomic E-state index is -1.30. The molecule has 0 aliphatic rings. The van der Waals surface area contributed by atoms with E-state index in [1.807, 2.05) is 0 Å². The van der Waals surface area contributed by atoms with Crippen LogP contribution in [0.5, 0.6) is 0 Å². The number of carboxylic acids is 2. The molecule has 0 aliphatic carbocycles. The average Bonchev–Trinajstić information content (AvgIpc) is 2.81. The molecule has 0 spiro atoms. The van der Waals surface area contributed by atoms with Gasteiger partial charge in [0.25, 0.3) is 0 Å². The van der Waals surface area contributed by atoms with Gasteiger partial charge < -0.3 is 49.1 Å². The average molecular weight is 535 g/mol. The second kappa shape index (κ2) is 18.2. The van der Waals surface area contributed by atoms with E-state index in [0.29, 0.717) is 25.8 Å². The third-order valence-electron chi connectivity index (χ3n) is 4.96. The van der Waals surface area contributed by atoms with Crippen molar-refractivity contribution in [3.63, 3.8) is 0 Å². The smallest absolute Gasteiger partial charge is 0.326 e. The number of guanidine groups is 1. The summed E-state index contributed by atoms with van der Waals surface area (Å²) >= 11 is 4.04. The van der Waals surface area contributed by atoms with Gasteiger partial charge in [0.1, 0.15) is 18.1 Å². The Bertz CT molecular complexity index is 779. The Labute approximate surface area is 214 Å². The first-order valence-corrected chi connectivity index (χ1v) is 12.0. The Morgan fingerprint density at radius 3 is 1.92 bits per heavy atom. The Balaban J connectivity index is 5.21. The van der Waals surface area contributed by atoms with E-state index in [2.05, 4.69) is 33.6 Å². The lowest BCUT2D eigenvalue weighted by Crippen LogP contribution is -2.57. The lowest BCUT2D eigenvalue weighted by Gasteiger charge is -2.24. The number of thiol groups is 1. The number of hydrogen-bond donors (Lipinski definition) is 10. The third kappa shape index (κ3) is 14.3. The Kier molecular flexibility index (Phi) is 16.6. The van der Waals surface area contributed by atoms with Gasteiger partial charge >= 0.3 is 11.9 Å². The minimum Gasteiger partial charge on any atom is -0.481 e. The van der Waals surface area contributed by atoms with E-state index in [9.17, 15) is 29.1 Å². The molecule has 206 valence electrons. The Morgan fingerprint density at radius 2 is 1.39 bits per heavy atom. The summed E-state index contributed by atoms with van der Waals surface area (Å²) in [6, 6.07) is -4.77. The highest BCUT2D eigenvalue weighted by Crippen LogP contribution is 2.05. The molecule has 0 heterocycles. The van der Waals surface area contributed by atoms with Gasteiger partial charge in [-0.05, 0) is 38.6 Å². The molecule has 0 aromatic heterocycles. The fourth-order valence-electron chi connectivity index (χ4n) is 2.95. The second-order valence-electron chi connectivity index (χ2n) is 7.98. The van der Waals surface area contributed by atoms with Gasteiger partial charge in [-0.15, -0.1) is 0 Å². The fraction of sp³-hybridized carbons (Fsp3) is 0.700. The van der Waals surface area contributed by atoms with Crippen LogP contribution in [0.3, 0.4) is 0 Å². The molecule has 36 heavy (non-hydrogen) atoms. The molecule has 16 heteroatoms. The number of aliphatic carboxylic acids is 2. The Hall–Kier alpha value is -3.11. The zero-order chi connectivity index (χ0) is 27.7. The van der Waals surface area contributed by atoms with Gasteiger partial charge in [-0.1, -0.05) is 6.42 Å². The van der Waals surface area contributed by atoms with Crippen LogP contribution in [0, 0.1) is 0 Å². The predicted molar refractivity (Wildman–Crippen MR) is 135 cm³/mol. The van der Waals surface area contributed by atoms with Gasteiger partial charge in [0.05, 0.1) is 6.04 Å². The van der Waals surface area contributed by atoms with E-state index in [0.717, 1.165) is 0 Å². The normalized spacial score (nSPS) is 14.0. The van der Waals surface area contributed by atoms with Crippen LogP contribution in [-0.4, -0.2) is 88.8 Å². The lowest BCUT2D eigenvalue weighted by molar-refractivity contribution is -0.142. The molecule has 0 radical (unpaired) electrons. The van der Waals surface area contributed by atoms with Crippen molar-refractivity contribution < 1.29 is 34.2 Å². The maximum absolute atomic E-state index is 12.8. The van der Waals surface area contributed by atoms with Crippen molar-refractivity contribution in [2.45, 2.75) is 69.1 Å². The van der Waals surface area contributed by atoms with Crippen molar-refractivity contribution in [1.82, 2.24) is 16.0 Å². The number of amides is 3. The van der Waals surface area contributed by atoms with E-state index in [1.54, 1.807) is 0 Å². The number of aliphatic imine (C=N–C) groups is 1. The largest absolute Gasteiger partial charge is 0.481 e. The highest BCUT2D eigenvalue weighted by Gasteiger charge is 2.30. The molecule has 13 N–H and O–H groups in total. The summed E-state index contributed by atoms with van der Waals surface area (Å²) in [5.74, 6) is -5.16. The van der Waals surface area contributed by atoms with Crippen LogP contribution in [0.15, 0.2) is 4.99 Å². The monoisotopic (exact) mass is 534 g/mol. The third-order valence-corrected chi connectivity index (χ3v) is 5.33. The first kappa shape index (κ1) is 32.9. The zero-order valence-electron chi connectivity index (χ0n) is 20.0. The summed E-state index contributed by atoms with van der Waals surface area (Å²) in [5, 5.41) is 25.5. The number of hydrogen-bond acceptors (Lipinski definition) is 9. The summed E-state index contributed by atoms with van der Waals surface area (Å²) in [4.78, 5) is 64.1. The molecule has 0 bridgehead atoms. The molecule has 15 nitrogen and oxygen atoms in total. The fourth-order valence-corrected chi connectivity index (χ4v) is 3.21. The van der Waals surface area contributed by atoms with Gasteiger partial charge in [0.2, 0.25) is 17.7 Å². The zero-order valence-corrected chi connectivity index (χ0v) is 20.9. The second-order valence-corrected chi connectivity index (χ2v) is 8.34. The van der Waals surface area contributed by atoms with Crippen molar-refractivity contribution in [3.8, 4) is 0 Å². The molecule has 0 aromatic carbocycles. The van der Waals surface area contributed by atoms with Gasteiger partial charge in [-0.3, -0.25) is 24.2 Å². The van der Waals surface area contributed by atoms with Crippen LogP contribution in [-0.2, 0) is 24.0 Å². The van der Waals surface area contributed by atoms with E-state index in [4.69, 9.17) is 28.0 Å². The standard InChI is InChI=1S/C20H38N8O7S/c21-8-2-1-4-11(22)16(31)26-12(6-7-15(29)30)17(32)28-14(10-36)18(33)27-13(19(34)35)5-3-9-25-20(23)24/h11-14,36H,1-10,21-22H2,(H,26,31)(H,27,33)(H,28,32)(H,29,30)(H,34,35)(H4,23,24,25). The predicted octanol–water partition coefficient (Wildman–Crippen LogP) is -3.17. The first-order valence-electron chi connectivity index (χ1n) is 11.4. The first-order chi connectivity index (χ1) is 16.9. The number of carbonyl (C=O) groups is 5. The minimum absolute atomic E-state index is 0.0183. The van der Waals surface area contributed by atoms with Crippen LogP contribution >= 0.6 is 12.6 Å². The van der Waals surface area contributed by atoms with Crippen LogP contribution in [0.2, 0.25) is 0 Å². The summed E-state index contributed by atoms with van der Waals surface area (Å²) in [7, 11) is 0. The maximum atomic E-state index is 12.8. The topological polar surface area (TPSA) is 278 Å². The molecule has 0 saturated carbocycles. The number of rotatable bonds is 19. The molecule has 0 fully saturated rings. The van der Waals surface area contributed by atoms with Gasteiger partial charge in [-0.2, -0.15) is 12.6 Å². The van der Waals surface area contributed by atoms with E-state index >= 15 is 0 Å². The highest BCUT2D eigenvalue weighted by molar-refractivity contribution is 7.80. The van der Waals surface area contributed by atoms with Crippen molar-refractivity contribution in [3.05, 3.63) is 0 Å². The van der Waals surface area contributed by atoms with E-state index in [-0.39, 0.29) is 37.5 Å². The van der Waals surface area contributed by atoms with Crippen LogP contribution < -0.4 is 38.9 Å². The quantitative estimate of drug-likeness (QED) is 0.0341. The maximum Gasteiger partial charge on any atom is 0.326 e. The SMILES string of the molecule is NCCCCC(N)C(=O)NC(CCC(=O)O)C(=O)NC(CS)C(=O)NC(CCCN=C(N)N)C(=O)O. The Morgan fingerprint density at radius 1 is 0.806 bits per heavy atom. The number of nitrogens with zero attached hydrogens (tertiary/aromatic N) is 1. The van der Waals surface area contributed by atoms with E-state index in [1.165, 1.54) is 0 Å². The van der Waals surface area contributed by atoms with Gasteiger partial charge in [0, 0.05) is 18.7 Å². The molecule has 0 saturated heterocycles. The number of nitrogens with one attached hydrogen (secondary N) is 3. The van der Waals surface area contributed by atoms with Crippen LogP contribution in [0.25, 0.3) is 0 Å². The van der Waals surface area contributed by atoms with Crippen molar-refractivity contribution in [1.29, 1.82) is 0 Å². The summed E-state index contributed by atoms with van der Waals surface area (Å²) in [6.45, 7) is 0.595. The molecule has 0 aliphatic heterocycles. The molecule has 0 aromatic rings. The van der Waals surface area contributed by atoms with Crippen molar-refractivity contribution in [2.75, 3.05) is 18.8 Å². The summed E-state index contributed by atoms with van der Waals surface area (Å²) in [6.07, 6.45) is 1.16. The molecule has 4 atom stereocenters. The summed E-state index contributed by atoms with van der Waals surface area (Å²) in [5.41, 5.74) is 21.7. The molecule has 0 rings (SSSR count). The van der Waals surface area contributed by atoms with Gasteiger partial charge in [0.15, 0.2) is 5.96 Å². The van der Waals surface area contributed by atoms with E-state index < -0.39 is 60.2 Å². The van der Waals surface area contributed by atoms with Crippen molar-refractivity contribution in [2.24, 2.45) is 27.9 Å². The molecular weight excluding hydrogens is 496 g/mol. The summed E-state index contributed by atoms with van der Waals surface area (Å²) < 4.78 is 0. The van der Waals surface area contributed by atoms with Crippen LogP contribution in [0.1, 0.15) is 44.9 Å². The molecular formula is C20H38N8O7S. The highest BCUT2D eigenvalue weighted by atomic mass is 32.1. The van der Waals surface area contributed by atoms with Crippen molar-refractivity contribution >= 4 is 48.2 Å². The van der Waals surface area contributed by atoms with Crippen LogP contribution in [0.4, 0.5) is 0 Å².